The van der Waals surface area contributed by atoms with Crippen LogP contribution in [-0.4, -0.2) is 48.7 Å². The van der Waals surface area contributed by atoms with E-state index in [1.165, 1.54) is 4.90 Å². The Morgan fingerprint density at radius 1 is 1.24 bits per heavy atom. The van der Waals surface area contributed by atoms with Crippen molar-refractivity contribution in [3.8, 4) is 0 Å². The van der Waals surface area contributed by atoms with Crippen LogP contribution in [0.5, 0.6) is 0 Å². The van der Waals surface area contributed by atoms with Crippen LogP contribution in [-0.2, 0) is 4.79 Å². The minimum Gasteiger partial charge on any atom is -0.481 e. The lowest BCUT2D eigenvalue weighted by atomic mass is 10.2. The van der Waals surface area contributed by atoms with Gasteiger partial charge in [0.25, 0.3) is 0 Å². The maximum absolute atomic E-state index is 12.2. The second-order valence-corrected chi connectivity index (χ2v) is 5.10. The summed E-state index contributed by atoms with van der Waals surface area (Å²) < 4.78 is 0. The van der Waals surface area contributed by atoms with Crippen LogP contribution in [0, 0.1) is 0 Å². The van der Waals surface area contributed by atoms with Crippen molar-refractivity contribution in [3.05, 3.63) is 24.3 Å². The molecule has 1 rings (SSSR count). The first-order valence-corrected chi connectivity index (χ1v) is 6.92. The fourth-order valence-corrected chi connectivity index (χ4v) is 2.06. The van der Waals surface area contributed by atoms with Gasteiger partial charge in [0.15, 0.2) is 0 Å². The van der Waals surface area contributed by atoms with Crippen LogP contribution in [0.3, 0.4) is 0 Å². The van der Waals surface area contributed by atoms with E-state index in [2.05, 4.69) is 5.32 Å². The number of anilines is 2. The topological polar surface area (TPSA) is 72.9 Å². The molecule has 21 heavy (non-hydrogen) atoms. The van der Waals surface area contributed by atoms with E-state index in [-0.39, 0.29) is 18.5 Å². The van der Waals surface area contributed by atoms with Gasteiger partial charge in [-0.15, -0.1) is 0 Å². The normalized spacial score (nSPS) is 11.6. The molecule has 1 atom stereocenters. The van der Waals surface area contributed by atoms with Crippen LogP contribution >= 0.6 is 0 Å². The summed E-state index contributed by atoms with van der Waals surface area (Å²) >= 11 is 0. The maximum atomic E-state index is 12.2. The van der Waals surface area contributed by atoms with Gasteiger partial charge in [-0.05, 0) is 38.1 Å². The second kappa shape index (κ2) is 7.52. The summed E-state index contributed by atoms with van der Waals surface area (Å²) in [6, 6.07) is 6.82. The molecule has 0 aliphatic heterocycles. The summed E-state index contributed by atoms with van der Waals surface area (Å²) in [7, 11) is 3.89. The van der Waals surface area contributed by atoms with Gasteiger partial charge in [0.05, 0.1) is 6.42 Å². The monoisotopic (exact) mass is 293 g/mol. The summed E-state index contributed by atoms with van der Waals surface area (Å²) in [6.07, 6.45) is -0.0686. The zero-order chi connectivity index (χ0) is 16.0. The van der Waals surface area contributed by atoms with Crippen LogP contribution in [0.25, 0.3) is 0 Å². The van der Waals surface area contributed by atoms with E-state index in [1.807, 2.05) is 50.2 Å². The maximum Gasteiger partial charge on any atom is 0.322 e. The van der Waals surface area contributed by atoms with Gasteiger partial charge in [-0.2, -0.15) is 0 Å². The predicted octanol–water partition coefficient (Wildman–Crippen LogP) is 2.47. The van der Waals surface area contributed by atoms with Crippen molar-refractivity contribution in [2.24, 2.45) is 0 Å². The molecule has 0 radical (unpaired) electrons. The van der Waals surface area contributed by atoms with Gasteiger partial charge in [-0.25, -0.2) is 4.79 Å². The van der Waals surface area contributed by atoms with Crippen LogP contribution in [0.15, 0.2) is 24.3 Å². The summed E-state index contributed by atoms with van der Waals surface area (Å²) in [5.74, 6) is -0.913. The van der Waals surface area contributed by atoms with E-state index < -0.39 is 5.97 Å². The van der Waals surface area contributed by atoms with Gasteiger partial charge in [0.1, 0.15) is 0 Å². The number of benzene rings is 1. The summed E-state index contributed by atoms with van der Waals surface area (Å²) in [4.78, 5) is 26.4. The van der Waals surface area contributed by atoms with Crippen molar-refractivity contribution in [1.29, 1.82) is 0 Å². The Bertz CT molecular complexity index is 485. The third-order valence-corrected chi connectivity index (χ3v) is 3.24. The minimum atomic E-state index is -0.913. The number of urea groups is 1. The smallest absolute Gasteiger partial charge is 0.322 e. The summed E-state index contributed by atoms with van der Waals surface area (Å²) in [6.45, 7) is 4.01. The Labute approximate surface area is 125 Å². The molecule has 0 bridgehead atoms. The van der Waals surface area contributed by atoms with Gasteiger partial charge in [-0.3, -0.25) is 4.79 Å². The molecule has 2 amide bonds. The minimum absolute atomic E-state index is 0.0686. The van der Waals surface area contributed by atoms with Crippen molar-refractivity contribution >= 4 is 23.4 Å². The molecule has 1 aromatic carbocycles. The quantitative estimate of drug-likeness (QED) is 0.845. The van der Waals surface area contributed by atoms with Gasteiger partial charge < -0.3 is 20.2 Å². The number of nitrogens with zero attached hydrogens (tertiary/aromatic N) is 2. The van der Waals surface area contributed by atoms with E-state index in [4.69, 9.17) is 5.11 Å². The number of nitrogens with one attached hydrogen (secondary N) is 1. The number of aliphatic carboxylic acids is 1. The molecule has 1 unspecified atom stereocenters. The Kier molecular flexibility index (Phi) is 6.02. The molecule has 0 heterocycles. The highest BCUT2D eigenvalue weighted by atomic mass is 16.4. The molecule has 6 nitrogen and oxygen atoms in total. The Morgan fingerprint density at radius 2 is 1.81 bits per heavy atom. The molecule has 6 heteroatoms. The van der Waals surface area contributed by atoms with Crippen molar-refractivity contribution in [2.75, 3.05) is 30.9 Å². The number of hydrogen-bond donors (Lipinski definition) is 2. The van der Waals surface area contributed by atoms with Crippen LogP contribution in [0.2, 0.25) is 0 Å². The number of amides is 2. The molecule has 0 saturated carbocycles. The van der Waals surface area contributed by atoms with E-state index in [1.54, 1.807) is 6.92 Å². The van der Waals surface area contributed by atoms with E-state index in [0.29, 0.717) is 12.2 Å². The van der Waals surface area contributed by atoms with Crippen LogP contribution in [0.4, 0.5) is 16.2 Å². The van der Waals surface area contributed by atoms with Crippen molar-refractivity contribution in [2.45, 2.75) is 26.3 Å². The lowest BCUT2D eigenvalue weighted by molar-refractivity contribution is -0.137. The standard InChI is InChI=1S/C15H23N3O3/c1-5-18(11(2)10-14(19)20)15(21)16-12-6-8-13(9-7-12)17(3)4/h6-9,11H,5,10H2,1-4H3,(H,16,21)(H,19,20). The van der Waals surface area contributed by atoms with E-state index in [0.717, 1.165) is 5.69 Å². The fraction of sp³-hybridized carbons (Fsp3) is 0.467. The third-order valence-electron chi connectivity index (χ3n) is 3.24. The van der Waals surface area contributed by atoms with Crippen molar-refractivity contribution in [3.63, 3.8) is 0 Å². The second-order valence-electron chi connectivity index (χ2n) is 5.10. The van der Waals surface area contributed by atoms with E-state index in [9.17, 15) is 9.59 Å². The highest BCUT2D eigenvalue weighted by Gasteiger charge is 2.20. The number of carboxylic acid groups (broad SMARTS) is 1. The van der Waals surface area contributed by atoms with Crippen molar-refractivity contribution in [1.82, 2.24) is 4.90 Å². The molecule has 116 valence electrons. The largest absolute Gasteiger partial charge is 0.481 e. The average Bonchev–Trinajstić information content (AvgIpc) is 2.39. The molecule has 1 aromatic rings. The van der Waals surface area contributed by atoms with Gasteiger partial charge in [-0.1, -0.05) is 0 Å². The summed E-state index contributed by atoms with van der Waals surface area (Å²) in [5, 5.41) is 11.6. The fourth-order valence-electron chi connectivity index (χ4n) is 2.06. The SMILES string of the molecule is CCN(C(=O)Nc1ccc(N(C)C)cc1)C(C)CC(=O)O. The first-order valence-electron chi connectivity index (χ1n) is 6.92. The number of carboxylic acids is 1. The first-order chi connectivity index (χ1) is 9.85. The molecular weight excluding hydrogens is 270 g/mol. The molecule has 0 fully saturated rings. The zero-order valence-electron chi connectivity index (χ0n) is 13.0. The zero-order valence-corrected chi connectivity index (χ0v) is 13.0. The average molecular weight is 293 g/mol. The lowest BCUT2D eigenvalue weighted by Gasteiger charge is -2.27. The number of rotatable bonds is 6. The number of carbonyl (C=O) groups is 2. The van der Waals surface area contributed by atoms with Crippen LogP contribution < -0.4 is 10.2 Å². The Morgan fingerprint density at radius 3 is 2.24 bits per heavy atom. The summed E-state index contributed by atoms with van der Waals surface area (Å²) in [5.41, 5.74) is 1.73. The molecular formula is C15H23N3O3. The van der Waals surface area contributed by atoms with Gasteiger partial charge in [0.2, 0.25) is 0 Å². The molecule has 0 aromatic heterocycles. The highest BCUT2D eigenvalue weighted by molar-refractivity contribution is 5.90. The third kappa shape index (κ3) is 4.98. The molecule has 0 aliphatic carbocycles. The Hall–Kier alpha value is -2.24. The van der Waals surface area contributed by atoms with E-state index >= 15 is 0 Å². The Balaban J connectivity index is 2.71. The lowest BCUT2D eigenvalue weighted by Crippen LogP contribution is -2.42. The number of hydrogen-bond acceptors (Lipinski definition) is 3. The predicted molar refractivity (Wildman–Crippen MR) is 83.9 cm³/mol. The molecule has 2 N–H and O–H groups in total. The first kappa shape index (κ1) is 16.8. The molecule has 0 aliphatic rings. The van der Waals surface area contributed by atoms with Gasteiger partial charge >= 0.3 is 12.0 Å². The van der Waals surface area contributed by atoms with Gasteiger partial charge in [0, 0.05) is 38.1 Å². The van der Waals surface area contributed by atoms with Crippen LogP contribution in [0.1, 0.15) is 20.3 Å². The molecule has 0 spiro atoms. The number of carbonyl (C=O) groups excluding carboxylic acids is 1. The van der Waals surface area contributed by atoms with Crippen molar-refractivity contribution < 1.29 is 14.7 Å². The highest BCUT2D eigenvalue weighted by Crippen LogP contribution is 2.16. The molecule has 0 saturated heterocycles.